The first kappa shape index (κ1) is 48.8. The van der Waals surface area contributed by atoms with Gasteiger partial charge in [-0.1, -0.05) is 89.2 Å². The van der Waals surface area contributed by atoms with E-state index in [2.05, 4.69) is 47.7 Å². The van der Waals surface area contributed by atoms with Crippen LogP contribution in [0.1, 0.15) is 97.8 Å². The maximum Gasteiger partial charge on any atom is 0.192 e. The van der Waals surface area contributed by atoms with E-state index in [1.165, 1.54) is 0 Å². The first-order valence-electron chi connectivity index (χ1n) is 23.1. The van der Waals surface area contributed by atoms with E-state index in [9.17, 15) is 5.11 Å². The van der Waals surface area contributed by atoms with Gasteiger partial charge in [0.25, 0.3) is 0 Å². The van der Waals surface area contributed by atoms with Gasteiger partial charge in [0, 0.05) is 23.7 Å². The number of hydrogen-bond donors (Lipinski definition) is 1. The summed E-state index contributed by atoms with van der Waals surface area (Å²) in [6.07, 6.45) is -1.28. The number of benzene rings is 3. The lowest BCUT2D eigenvalue weighted by Crippen LogP contribution is -2.70. The predicted octanol–water partition coefficient (Wildman–Crippen LogP) is 9.81. The lowest BCUT2D eigenvalue weighted by atomic mass is 9.53. The van der Waals surface area contributed by atoms with Gasteiger partial charge in [-0.15, -0.1) is 0 Å². The molecule has 9 atom stereocenters. The Kier molecular flexibility index (Phi) is 14.1. The van der Waals surface area contributed by atoms with E-state index < -0.39 is 66.5 Å². The molecule has 0 unspecified atom stereocenters. The molecule has 1 N–H and O–H groups in total. The number of rotatable bonds is 15. The Bertz CT molecular complexity index is 2030. The van der Waals surface area contributed by atoms with Crippen molar-refractivity contribution in [2.45, 2.75) is 160 Å². The normalized spacial score (nSPS) is 32.4. The van der Waals surface area contributed by atoms with Crippen LogP contribution in [-0.2, 0) is 57.5 Å². The van der Waals surface area contributed by atoms with Crippen molar-refractivity contribution < 1.29 is 52.2 Å². The van der Waals surface area contributed by atoms with Crippen LogP contribution in [0.5, 0.6) is 11.5 Å². The Morgan fingerprint density at radius 3 is 1.86 bits per heavy atom. The van der Waals surface area contributed by atoms with Crippen LogP contribution in [0.25, 0.3) is 0 Å². The van der Waals surface area contributed by atoms with Crippen molar-refractivity contribution in [3.8, 4) is 11.5 Å². The van der Waals surface area contributed by atoms with Crippen LogP contribution in [0, 0.1) is 22.7 Å². The van der Waals surface area contributed by atoms with Crippen LogP contribution in [0.15, 0.2) is 78.9 Å². The number of carbonyl (C=O) groups excluding carboxylic acids is 1. The summed E-state index contributed by atoms with van der Waals surface area (Å²) in [5, 5.41) is 13.4. The smallest absolute Gasteiger partial charge is 0.192 e. The molecule has 4 fully saturated rings. The van der Waals surface area contributed by atoms with Gasteiger partial charge in [-0.05, 0) is 99.1 Å². The van der Waals surface area contributed by atoms with Gasteiger partial charge in [0.05, 0.1) is 70.0 Å². The summed E-state index contributed by atoms with van der Waals surface area (Å²) in [7, 11) is 0.720. The molecule has 1 heterocycles. The fourth-order valence-corrected chi connectivity index (χ4v) is 12.3. The van der Waals surface area contributed by atoms with E-state index in [0.29, 0.717) is 32.3 Å². The molecule has 352 valence electrons. The molecule has 3 aliphatic carbocycles. The Balaban J connectivity index is 1.38. The second-order valence-electron chi connectivity index (χ2n) is 21.4. The van der Waals surface area contributed by atoms with Crippen LogP contribution in [0.3, 0.4) is 0 Å². The molecule has 12 heteroatoms. The molecule has 7 rings (SSSR count). The minimum Gasteiger partial charge on any atom is -0.497 e. The number of carbonyl (C=O) groups is 1. The second-order valence-corrected chi connectivity index (χ2v) is 26.2. The number of ether oxygens (including phenoxy) is 8. The third-order valence-electron chi connectivity index (χ3n) is 16.0. The molecule has 0 aromatic heterocycles. The molecule has 11 nitrogen and oxygen atoms in total. The highest BCUT2D eigenvalue weighted by Crippen LogP contribution is 2.64. The van der Waals surface area contributed by atoms with Gasteiger partial charge in [0.1, 0.15) is 30.0 Å². The molecule has 3 saturated carbocycles. The lowest BCUT2D eigenvalue weighted by molar-refractivity contribution is -0.277. The van der Waals surface area contributed by atoms with Gasteiger partial charge in [-0.25, -0.2) is 0 Å². The number of aliphatic hydroxyl groups is 1. The molecule has 4 aliphatic rings. The van der Waals surface area contributed by atoms with E-state index in [0.717, 1.165) is 28.2 Å². The maximum absolute atomic E-state index is 16.4. The number of fused-ring (bicyclic) bond motifs is 4. The van der Waals surface area contributed by atoms with Gasteiger partial charge in [-0.2, -0.15) is 0 Å². The van der Waals surface area contributed by atoms with Crippen molar-refractivity contribution in [1.82, 2.24) is 0 Å². The fourth-order valence-electron chi connectivity index (χ4n) is 10.9. The van der Waals surface area contributed by atoms with E-state index in [-0.39, 0.29) is 43.4 Å². The lowest BCUT2D eigenvalue weighted by Gasteiger charge is -2.58. The predicted molar refractivity (Wildman–Crippen MR) is 247 cm³/mol. The molecule has 2 bridgehead atoms. The van der Waals surface area contributed by atoms with Gasteiger partial charge in [0.15, 0.2) is 19.9 Å². The third-order valence-corrected chi connectivity index (χ3v) is 20.4. The molecule has 64 heavy (non-hydrogen) atoms. The maximum atomic E-state index is 16.4. The standard InChI is InChI=1S/C52H74O11Si/c1-47(2,3)64(11,12)62-44-28-41-50(8,46(53)45(40-26-27-52(44,54)48(40,4)5)59-32-37-20-24-39(56-10)25-21-37)42(60-34-57-30-35-16-14-13-15-17-35)29-43(51(41)33-61-49(6,7)63-51)58-31-36-18-22-38(55-9)23-19-36/h13-25,40-45,54H,26-34H2,1-12H3/t40-,41+,42+,43-,44+,45-,50+,51-,52+/m1/s1. The number of methoxy groups -OCH3 is 2. The van der Waals surface area contributed by atoms with Crippen LogP contribution in [0.4, 0.5) is 0 Å². The summed E-state index contributed by atoms with van der Waals surface area (Å²) < 4.78 is 59.6. The van der Waals surface area contributed by atoms with Crippen molar-refractivity contribution >= 4 is 14.1 Å². The zero-order valence-corrected chi connectivity index (χ0v) is 41.4. The van der Waals surface area contributed by atoms with E-state index in [1.54, 1.807) is 14.2 Å². The number of ketones is 1. The van der Waals surface area contributed by atoms with Crippen molar-refractivity contribution in [1.29, 1.82) is 0 Å². The summed E-state index contributed by atoms with van der Waals surface area (Å²) in [5.41, 5.74) is -1.69. The van der Waals surface area contributed by atoms with Crippen molar-refractivity contribution in [3.63, 3.8) is 0 Å². The minimum absolute atomic E-state index is 0.0592. The molecule has 1 spiro atoms. The largest absolute Gasteiger partial charge is 0.497 e. The third kappa shape index (κ3) is 9.25. The van der Waals surface area contributed by atoms with Gasteiger partial charge >= 0.3 is 0 Å². The summed E-state index contributed by atoms with van der Waals surface area (Å²) >= 11 is 0. The fraction of sp³-hybridized carbons (Fsp3) is 0.635. The molecule has 3 aromatic rings. The first-order valence-corrected chi connectivity index (χ1v) is 26.0. The summed E-state index contributed by atoms with van der Waals surface area (Å²) in [6.45, 7) is 22.1. The zero-order chi connectivity index (χ0) is 46.3. The monoisotopic (exact) mass is 903 g/mol. The summed E-state index contributed by atoms with van der Waals surface area (Å²) in [5.74, 6) is -0.593. The Labute approximate surface area is 382 Å². The first-order chi connectivity index (χ1) is 30.1. The van der Waals surface area contributed by atoms with Crippen LogP contribution in [0.2, 0.25) is 18.1 Å². The van der Waals surface area contributed by atoms with Crippen LogP contribution >= 0.6 is 0 Å². The molecule has 0 amide bonds. The summed E-state index contributed by atoms with van der Waals surface area (Å²) in [4.78, 5) is 16.4. The van der Waals surface area contributed by atoms with E-state index >= 15 is 4.79 Å². The average Bonchev–Trinajstić information content (AvgIpc) is 3.71. The molecule has 1 aliphatic heterocycles. The van der Waals surface area contributed by atoms with Crippen LogP contribution < -0.4 is 9.47 Å². The molecule has 0 radical (unpaired) electrons. The molecule has 3 aromatic carbocycles. The Morgan fingerprint density at radius 1 is 0.734 bits per heavy atom. The molecule has 1 saturated heterocycles. The summed E-state index contributed by atoms with van der Waals surface area (Å²) in [6, 6.07) is 25.5. The highest BCUT2D eigenvalue weighted by molar-refractivity contribution is 6.74. The SMILES string of the molecule is COc1ccc(CO[C@H]2C(=O)[C@]3(C)[C@@H](OCOCc4ccccc4)C[C@@H](OCc4ccc(OC)cc4)[C@@]4(COC(C)(C)O4)[C@H]3C[C@H](O[Si](C)(C)C(C)(C)C)[C@@]3(O)CC[C@H]2C3(C)C)cc1. The quantitative estimate of drug-likeness (QED) is 0.0892. The average molecular weight is 903 g/mol. The van der Waals surface area contributed by atoms with Crippen molar-refractivity contribution in [2.24, 2.45) is 22.7 Å². The second kappa shape index (κ2) is 18.5. The molecular weight excluding hydrogens is 829 g/mol. The van der Waals surface area contributed by atoms with Crippen molar-refractivity contribution in [3.05, 3.63) is 95.6 Å². The Hall–Kier alpha value is -3.17. The number of hydrogen-bond acceptors (Lipinski definition) is 11. The van der Waals surface area contributed by atoms with Gasteiger partial charge in [-0.3, -0.25) is 4.79 Å². The zero-order valence-electron chi connectivity index (χ0n) is 40.4. The highest BCUT2D eigenvalue weighted by atomic mass is 28.4. The van der Waals surface area contributed by atoms with E-state index in [1.807, 2.05) is 99.6 Å². The van der Waals surface area contributed by atoms with Gasteiger partial charge < -0.3 is 47.4 Å². The van der Waals surface area contributed by atoms with Crippen LogP contribution in [-0.4, -0.2) is 88.2 Å². The highest BCUT2D eigenvalue weighted by Gasteiger charge is 2.73. The van der Waals surface area contributed by atoms with Gasteiger partial charge in [0.2, 0.25) is 0 Å². The molecular formula is C52H74O11Si. The van der Waals surface area contributed by atoms with E-state index in [4.69, 9.17) is 42.3 Å². The topological polar surface area (TPSA) is 120 Å². The minimum atomic E-state index is -2.57. The van der Waals surface area contributed by atoms with Crippen molar-refractivity contribution in [2.75, 3.05) is 27.6 Å². The number of Topliss-reactive ketones (excluding diaryl/α,β-unsaturated/α-hetero) is 1. The Morgan fingerprint density at radius 2 is 1.31 bits per heavy atom.